The van der Waals surface area contributed by atoms with Gasteiger partial charge in [0, 0.05) is 23.8 Å². The summed E-state index contributed by atoms with van der Waals surface area (Å²) in [7, 11) is -3.67. The van der Waals surface area contributed by atoms with Crippen LogP contribution in [0.1, 0.15) is 25.0 Å². The summed E-state index contributed by atoms with van der Waals surface area (Å²) in [5.74, 6) is -1.12. The first-order valence-electron chi connectivity index (χ1n) is 9.48. The van der Waals surface area contributed by atoms with Crippen molar-refractivity contribution in [3.05, 3.63) is 58.6 Å². The molecule has 0 spiro atoms. The largest absolute Gasteiger partial charge is 0.455 e. The quantitative estimate of drug-likeness (QED) is 0.588. The summed E-state index contributed by atoms with van der Waals surface area (Å²) in [5, 5.41) is 3.13. The first kappa shape index (κ1) is 23.9. The van der Waals surface area contributed by atoms with E-state index in [-0.39, 0.29) is 11.3 Å². The van der Waals surface area contributed by atoms with Crippen LogP contribution >= 0.6 is 11.6 Å². The van der Waals surface area contributed by atoms with Crippen LogP contribution in [0.3, 0.4) is 0 Å². The molecule has 162 valence electrons. The Morgan fingerprint density at radius 1 is 1.07 bits per heavy atom. The predicted molar refractivity (Wildman–Crippen MR) is 116 cm³/mol. The molecule has 0 aromatic heterocycles. The van der Waals surface area contributed by atoms with Crippen molar-refractivity contribution < 1.29 is 22.7 Å². The smallest absolute Gasteiger partial charge is 0.310 e. The van der Waals surface area contributed by atoms with Gasteiger partial charge in [0.05, 0.1) is 11.3 Å². The van der Waals surface area contributed by atoms with Crippen molar-refractivity contribution in [1.82, 2.24) is 4.31 Å². The topological polar surface area (TPSA) is 92.8 Å². The van der Waals surface area contributed by atoms with E-state index in [1.165, 1.54) is 10.4 Å². The second kappa shape index (κ2) is 10.6. The molecule has 0 fully saturated rings. The van der Waals surface area contributed by atoms with Crippen LogP contribution in [0.25, 0.3) is 0 Å². The van der Waals surface area contributed by atoms with E-state index in [1.54, 1.807) is 57.2 Å². The molecule has 30 heavy (non-hydrogen) atoms. The summed E-state index contributed by atoms with van der Waals surface area (Å²) in [6, 6.07) is 11.4. The summed E-state index contributed by atoms with van der Waals surface area (Å²) in [4.78, 5) is 24.2. The molecule has 0 saturated carbocycles. The van der Waals surface area contributed by atoms with Gasteiger partial charge in [0.2, 0.25) is 10.0 Å². The number of anilines is 1. The van der Waals surface area contributed by atoms with Gasteiger partial charge in [0.15, 0.2) is 6.61 Å². The fourth-order valence-corrected chi connectivity index (χ4v) is 4.66. The van der Waals surface area contributed by atoms with Gasteiger partial charge < -0.3 is 10.1 Å². The maximum Gasteiger partial charge on any atom is 0.310 e. The van der Waals surface area contributed by atoms with E-state index in [0.29, 0.717) is 29.4 Å². The molecule has 0 aliphatic rings. The van der Waals surface area contributed by atoms with Crippen LogP contribution in [0.5, 0.6) is 0 Å². The number of hydrogen-bond donors (Lipinski definition) is 1. The average Bonchev–Trinajstić information content (AvgIpc) is 2.70. The van der Waals surface area contributed by atoms with Crippen LogP contribution in [0, 0.1) is 6.92 Å². The van der Waals surface area contributed by atoms with Gasteiger partial charge in [-0.1, -0.05) is 43.6 Å². The number of carbonyl (C=O) groups is 2. The number of hydrogen-bond acceptors (Lipinski definition) is 5. The Balaban J connectivity index is 2.00. The Morgan fingerprint density at radius 3 is 2.30 bits per heavy atom. The zero-order valence-electron chi connectivity index (χ0n) is 17.1. The maximum atomic E-state index is 12.8. The number of aryl methyl sites for hydroxylation is 1. The van der Waals surface area contributed by atoms with Crippen molar-refractivity contribution >= 4 is 39.2 Å². The second-order valence-electron chi connectivity index (χ2n) is 6.58. The Kier molecular flexibility index (Phi) is 8.40. The van der Waals surface area contributed by atoms with Gasteiger partial charge in [0.1, 0.15) is 0 Å². The van der Waals surface area contributed by atoms with Crippen molar-refractivity contribution in [3.63, 3.8) is 0 Å². The summed E-state index contributed by atoms with van der Waals surface area (Å²) >= 11 is 5.80. The minimum absolute atomic E-state index is 0.0151. The molecular formula is C21H25ClN2O5S. The normalized spacial score (nSPS) is 11.4. The zero-order valence-corrected chi connectivity index (χ0v) is 18.7. The van der Waals surface area contributed by atoms with E-state index in [1.807, 2.05) is 0 Å². The second-order valence-corrected chi connectivity index (χ2v) is 8.92. The van der Waals surface area contributed by atoms with Crippen LogP contribution in [0.2, 0.25) is 5.02 Å². The Bertz CT molecular complexity index is 1000. The molecule has 2 aromatic rings. The molecule has 0 heterocycles. The van der Waals surface area contributed by atoms with Gasteiger partial charge >= 0.3 is 5.97 Å². The molecule has 0 bridgehead atoms. The molecule has 7 nitrogen and oxygen atoms in total. The fraction of sp³-hybridized carbons (Fsp3) is 0.333. The van der Waals surface area contributed by atoms with Gasteiger partial charge in [0.25, 0.3) is 5.91 Å². The predicted octanol–water partition coefficient (Wildman–Crippen LogP) is 3.40. The number of halogens is 1. The Morgan fingerprint density at radius 2 is 1.70 bits per heavy atom. The molecule has 0 aliphatic heterocycles. The highest BCUT2D eigenvalue weighted by Crippen LogP contribution is 2.23. The number of sulfonamides is 1. The van der Waals surface area contributed by atoms with Crippen LogP contribution in [-0.2, 0) is 30.8 Å². The lowest BCUT2D eigenvalue weighted by Crippen LogP contribution is -2.31. The average molecular weight is 453 g/mol. The van der Waals surface area contributed by atoms with Crippen LogP contribution in [-0.4, -0.2) is 44.3 Å². The number of nitrogens with one attached hydrogen (secondary N) is 1. The molecule has 0 atom stereocenters. The highest BCUT2D eigenvalue weighted by atomic mass is 35.5. The number of carbonyl (C=O) groups excluding carboxylic acids is 2. The van der Waals surface area contributed by atoms with Crippen LogP contribution in [0.4, 0.5) is 5.69 Å². The molecular weight excluding hydrogens is 428 g/mol. The molecule has 0 unspecified atom stereocenters. The van der Waals surface area contributed by atoms with Crippen LogP contribution < -0.4 is 5.32 Å². The third-order valence-corrected chi connectivity index (χ3v) is 6.86. The Hall–Kier alpha value is -2.42. The van der Waals surface area contributed by atoms with E-state index < -0.39 is 28.5 Å². The molecule has 0 aliphatic carbocycles. The van der Waals surface area contributed by atoms with Crippen molar-refractivity contribution in [2.75, 3.05) is 25.0 Å². The number of esters is 1. The first-order valence-corrected chi connectivity index (χ1v) is 11.3. The lowest BCUT2D eigenvalue weighted by Gasteiger charge is -2.20. The minimum Gasteiger partial charge on any atom is -0.455 e. The van der Waals surface area contributed by atoms with Crippen molar-refractivity contribution in [2.24, 2.45) is 0 Å². The third kappa shape index (κ3) is 6.29. The molecule has 0 saturated heterocycles. The number of benzene rings is 2. The lowest BCUT2D eigenvalue weighted by atomic mass is 10.1. The van der Waals surface area contributed by atoms with Crippen molar-refractivity contribution in [1.29, 1.82) is 0 Å². The van der Waals surface area contributed by atoms with Gasteiger partial charge in [-0.05, 0) is 42.3 Å². The van der Waals surface area contributed by atoms with Gasteiger partial charge in [-0.25, -0.2) is 8.42 Å². The number of amides is 1. The van der Waals surface area contributed by atoms with E-state index in [0.717, 1.165) is 5.56 Å². The van der Waals surface area contributed by atoms with E-state index >= 15 is 0 Å². The summed E-state index contributed by atoms with van der Waals surface area (Å²) in [6.07, 6.45) is 0.0151. The molecule has 2 rings (SSSR count). The molecule has 1 N–H and O–H groups in total. The monoisotopic (exact) mass is 452 g/mol. The molecule has 0 radical (unpaired) electrons. The lowest BCUT2D eigenvalue weighted by molar-refractivity contribution is -0.146. The highest BCUT2D eigenvalue weighted by Gasteiger charge is 2.24. The Labute approximate surface area is 182 Å². The summed E-state index contributed by atoms with van der Waals surface area (Å²) in [5.41, 5.74) is 1.61. The van der Waals surface area contributed by atoms with Gasteiger partial charge in [-0.3, -0.25) is 9.59 Å². The summed E-state index contributed by atoms with van der Waals surface area (Å²) in [6.45, 7) is 5.44. The van der Waals surface area contributed by atoms with E-state index in [9.17, 15) is 18.0 Å². The number of nitrogens with zero attached hydrogens (tertiary/aromatic N) is 1. The van der Waals surface area contributed by atoms with Gasteiger partial charge in [-0.15, -0.1) is 0 Å². The number of rotatable bonds is 9. The highest BCUT2D eigenvalue weighted by molar-refractivity contribution is 7.89. The van der Waals surface area contributed by atoms with Crippen molar-refractivity contribution in [3.8, 4) is 0 Å². The van der Waals surface area contributed by atoms with Crippen molar-refractivity contribution in [2.45, 2.75) is 32.1 Å². The molecule has 9 heteroatoms. The minimum atomic E-state index is -3.67. The molecule has 2 aromatic carbocycles. The summed E-state index contributed by atoms with van der Waals surface area (Å²) < 4.78 is 31.9. The fourth-order valence-electron chi connectivity index (χ4n) is 2.82. The third-order valence-electron chi connectivity index (χ3n) is 4.42. The number of ether oxygens (including phenoxy) is 1. The van der Waals surface area contributed by atoms with E-state index in [2.05, 4.69) is 5.32 Å². The first-order chi connectivity index (χ1) is 14.2. The SMILES string of the molecule is CCN(CC)S(=O)(=O)c1cc(NC(=O)COC(=O)Cc2ccc(Cl)cc2)ccc1C. The molecule has 1 amide bonds. The maximum absolute atomic E-state index is 12.8. The van der Waals surface area contributed by atoms with Gasteiger partial charge in [-0.2, -0.15) is 4.31 Å². The van der Waals surface area contributed by atoms with Crippen LogP contribution in [0.15, 0.2) is 47.4 Å². The zero-order chi connectivity index (χ0) is 22.3. The van der Waals surface area contributed by atoms with E-state index in [4.69, 9.17) is 16.3 Å². The standard InChI is InChI=1S/C21H25ClN2O5S/c1-4-24(5-2)30(27,28)19-13-18(11-6-15(19)3)23-20(25)14-29-21(26)12-16-7-9-17(22)10-8-16/h6-11,13H,4-5,12,14H2,1-3H3,(H,23,25).